The number of halogens is 1. The lowest BCUT2D eigenvalue weighted by Gasteiger charge is -2.05. The molecule has 0 aliphatic carbocycles. The van der Waals surface area contributed by atoms with E-state index >= 15 is 0 Å². The minimum atomic E-state index is -2.84. The summed E-state index contributed by atoms with van der Waals surface area (Å²) in [7, 11) is -2.84. The topological polar surface area (TPSA) is 58.5 Å². The van der Waals surface area contributed by atoms with Crippen LogP contribution in [-0.2, 0) is 9.84 Å². The van der Waals surface area contributed by atoms with E-state index in [2.05, 4.69) is 26.5 Å². The monoisotopic (exact) mass is 316 g/mol. The zero-order valence-electron chi connectivity index (χ0n) is 9.14. The molecule has 1 aromatic rings. The van der Waals surface area contributed by atoms with Gasteiger partial charge in [-0.05, 0) is 24.1 Å². The molecule has 6 heteroatoms. The van der Waals surface area contributed by atoms with Crippen molar-refractivity contribution < 1.29 is 8.42 Å². The summed E-state index contributed by atoms with van der Waals surface area (Å²) in [5.74, 6) is 0.448. The molecule has 0 spiro atoms. The average Bonchev–Trinajstić information content (AvgIpc) is 2.61. The summed E-state index contributed by atoms with van der Waals surface area (Å²) in [5.41, 5.74) is 3.85. The standard InChI is InChI=1S/C11H13BrN2O2S/c12-10-3-1-9(2-4-10)7-13-14-11-5-6-17(15,16)8-11/h1-4,7,11,14H,5-6,8H2. The van der Waals surface area contributed by atoms with E-state index in [0.29, 0.717) is 6.42 Å². The number of nitrogens with zero attached hydrogens (tertiary/aromatic N) is 1. The summed E-state index contributed by atoms with van der Waals surface area (Å²) in [6.07, 6.45) is 2.33. The molecule has 1 fully saturated rings. The highest BCUT2D eigenvalue weighted by atomic mass is 79.9. The van der Waals surface area contributed by atoms with Crippen LogP contribution in [0.15, 0.2) is 33.8 Å². The van der Waals surface area contributed by atoms with Crippen molar-refractivity contribution in [3.8, 4) is 0 Å². The molecule has 0 amide bonds. The molecule has 17 heavy (non-hydrogen) atoms. The smallest absolute Gasteiger partial charge is 0.152 e. The number of sulfone groups is 1. The highest BCUT2D eigenvalue weighted by Gasteiger charge is 2.27. The van der Waals surface area contributed by atoms with Gasteiger partial charge in [0.25, 0.3) is 0 Å². The van der Waals surface area contributed by atoms with Gasteiger partial charge >= 0.3 is 0 Å². The minimum absolute atomic E-state index is 0.0494. The summed E-state index contributed by atoms with van der Waals surface area (Å²) in [5, 5.41) is 4.06. The predicted octanol–water partition coefficient (Wildman–Crippen LogP) is 1.56. The number of hydrogen-bond donors (Lipinski definition) is 1. The number of hydrazone groups is 1. The Morgan fingerprint density at radius 2 is 2.06 bits per heavy atom. The first-order valence-corrected chi connectivity index (χ1v) is 7.91. The van der Waals surface area contributed by atoms with E-state index < -0.39 is 9.84 Å². The second kappa shape index (κ2) is 5.18. The third-order valence-corrected chi connectivity index (χ3v) is 4.87. The van der Waals surface area contributed by atoms with E-state index in [-0.39, 0.29) is 17.5 Å². The van der Waals surface area contributed by atoms with Gasteiger partial charge in [0.15, 0.2) is 9.84 Å². The number of nitrogens with one attached hydrogen (secondary N) is 1. The fourth-order valence-electron chi connectivity index (χ4n) is 1.66. The summed E-state index contributed by atoms with van der Waals surface area (Å²) < 4.78 is 23.4. The molecule has 1 saturated heterocycles. The molecule has 1 aliphatic heterocycles. The first-order chi connectivity index (χ1) is 8.05. The average molecular weight is 317 g/mol. The fraction of sp³-hybridized carbons (Fsp3) is 0.364. The van der Waals surface area contributed by atoms with Crippen LogP contribution in [0.3, 0.4) is 0 Å². The first-order valence-electron chi connectivity index (χ1n) is 5.30. The zero-order valence-corrected chi connectivity index (χ0v) is 11.5. The highest BCUT2D eigenvalue weighted by molar-refractivity contribution is 9.10. The quantitative estimate of drug-likeness (QED) is 0.680. The van der Waals surface area contributed by atoms with Crippen molar-refractivity contribution in [2.75, 3.05) is 11.5 Å². The summed E-state index contributed by atoms with van der Waals surface area (Å²) in [6.45, 7) is 0. The van der Waals surface area contributed by atoms with E-state index in [9.17, 15) is 8.42 Å². The van der Waals surface area contributed by atoms with E-state index in [0.717, 1.165) is 10.0 Å². The highest BCUT2D eigenvalue weighted by Crippen LogP contribution is 2.11. The van der Waals surface area contributed by atoms with Crippen LogP contribution in [0.1, 0.15) is 12.0 Å². The lowest BCUT2D eigenvalue weighted by molar-refractivity contribution is 0.578. The molecule has 1 N–H and O–H groups in total. The van der Waals surface area contributed by atoms with Gasteiger partial charge in [-0.3, -0.25) is 0 Å². The maximum absolute atomic E-state index is 11.2. The molecule has 0 radical (unpaired) electrons. The van der Waals surface area contributed by atoms with Crippen LogP contribution in [0.2, 0.25) is 0 Å². The van der Waals surface area contributed by atoms with Crippen LogP contribution < -0.4 is 5.43 Å². The largest absolute Gasteiger partial charge is 0.306 e. The van der Waals surface area contributed by atoms with E-state index in [1.165, 1.54) is 0 Å². The third-order valence-electron chi connectivity index (χ3n) is 2.57. The Morgan fingerprint density at radius 3 is 2.65 bits per heavy atom. The molecule has 1 atom stereocenters. The lowest BCUT2D eigenvalue weighted by atomic mass is 10.2. The van der Waals surface area contributed by atoms with Crippen LogP contribution >= 0.6 is 15.9 Å². The van der Waals surface area contributed by atoms with Gasteiger partial charge in [0, 0.05) is 4.47 Å². The molecule has 1 heterocycles. The van der Waals surface area contributed by atoms with Crippen molar-refractivity contribution >= 4 is 32.0 Å². The van der Waals surface area contributed by atoms with Gasteiger partial charge in [-0.15, -0.1) is 0 Å². The summed E-state index contributed by atoms with van der Waals surface area (Å²) in [4.78, 5) is 0. The number of benzene rings is 1. The molecular weight excluding hydrogens is 304 g/mol. The Hall–Kier alpha value is -0.880. The van der Waals surface area contributed by atoms with E-state index in [4.69, 9.17) is 0 Å². The first kappa shape index (κ1) is 12.6. The molecule has 0 bridgehead atoms. The van der Waals surface area contributed by atoms with Crippen LogP contribution in [0.4, 0.5) is 0 Å². The summed E-state index contributed by atoms with van der Waals surface area (Å²) >= 11 is 3.35. The van der Waals surface area contributed by atoms with Gasteiger partial charge < -0.3 is 5.43 Å². The van der Waals surface area contributed by atoms with Crippen molar-refractivity contribution in [3.05, 3.63) is 34.3 Å². The van der Waals surface area contributed by atoms with E-state index in [1.54, 1.807) is 6.21 Å². The Labute approximate surface area is 109 Å². The molecule has 2 rings (SSSR count). The molecule has 1 aromatic carbocycles. The number of rotatable bonds is 3. The van der Waals surface area contributed by atoms with Gasteiger partial charge in [-0.1, -0.05) is 28.1 Å². The molecular formula is C11H13BrN2O2S. The zero-order chi connectivity index (χ0) is 12.3. The SMILES string of the molecule is O=S1(=O)CCC(NN=Cc2ccc(Br)cc2)C1. The van der Waals surface area contributed by atoms with Crippen molar-refractivity contribution in [2.45, 2.75) is 12.5 Å². The Morgan fingerprint density at radius 1 is 1.35 bits per heavy atom. The fourth-order valence-corrected chi connectivity index (χ4v) is 3.59. The Kier molecular flexibility index (Phi) is 3.83. The molecule has 0 aromatic heterocycles. The summed E-state index contributed by atoms with van der Waals surface area (Å²) in [6, 6.07) is 7.68. The van der Waals surface area contributed by atoms with Gasteiger partial charge in [0.2, 0.25) is 0 Å². The van der Waals surface area contributed by atoms with Gasteiger partial charge in [0.1, 0.15) is 0 Å². The molecule has 1 aliphatic rings. The second-order valence-electron chi connectivity index (χ2n) is 4.04. The van der Waals surface area contributed by atoms with Crippen LogP contribution in [0.25, 0.3) is 0 Å². The van der Waals surface area contributed by atoms with Crippen molar-refractivity contribution in [1.82, 2.24) is 5.43 Å². The van der Waals surface area contributed by atoms with Gasteiger partial charge in [0.05, 0.1) is 23.8 Å². The van der Waals surface area contributed by atoms with Crippen molar-refractivity contribution in [2.24, 2.45) is 5.10 Å². The van der Waals surface area contributed by atoms with Gasteiger partial charge in [-0.25, -0.2) is 8.42 Å². The third kappa shape index (κ3) is 3.81. The van der Waals surface area contributed by atoms with Gasteiger partial charge in [-0.2, -0.15) is 5.10 Å². The van der Waals surface area contributed by atoms with Crippen molar-refractivity contribution in [1.29, 1.82) is 0 Å². The van der Waals surface area contributed by atoms with Crippen LogP contribution in [0.5, 0.6) is 0 Å². The normalized spacial score (nSPS) is 23.0. The van der Waals surface area contributed by atoms with E-state index in [1.807, 2.05) is 24.3 Å². The Balaban J connectivity index is 1.88. The maximum atomic E-state index is 11.2. The Bertz CT molecular complexity index is 511. The molecule has 0 saturated carbocycles. The second-order valence-corrected chi connectivity index (χ2v) is 7.18. The molecule has 4 nitrogen and oxygen atoms in total. The van der Waals surface area contributed by atoms with Crippen LogP contribution in [-0.4, -0.2) is 32.2 Å². The molecule has 92 valence electrons. The predicted molar refractivity (Wildman–Crippen MR) is 71.9 cm³/mol. The van der Waals surface area contributed by atoms with Crippen LogP contribution in [0, 0.1) is 0 Å². The molecule has 1 unspecified atom stereocenters. The lowest BCUT2D eigenvalue weighted by Crippen LogP contribution is -2.25. The maximum Gasteiger partial charge on any atom is 0.152 e. The van der Waals surface area contributed by atoms with Crippen molar-refractivity contribution in [3.63, 3.8) is 0 Å². The number of hydrogen-bond acceptors (Lipinski definition) is 4. The minimum Gasteiger partial charge on any atom is -0.306 e.